The van der Waals surface area contributed by atoms with Gasteiger partial charge in [-0.1, -0.05) is 0 Å². The first-order chi connectivity index (χ1) is 5.49. The van der Waals surface area contributed by atoms with E-state index in [0.29, 0.717) is 4.57 Å². The van der Waals surface area contributed by atoms with Gasteiger partial charge in [-0.15, -0.1) is 0 Å². The first-order valence-electron chi connectivity index (χ1n) is 3.20. The van der Waals surface area contributed by atoms with Crippen LogP contribution < -0.4 is 56.9 Å². The minimum Gasteiger partial charge on any atom is -0.448 e. The summed E-state index contributed by atoms with van der Waals surface area (Å²) in [7, 11) is 0. The van der Waals surface area contributed by atoms with Crippen LogP contribution in [0.25, 0.3) is 0 Å². The van der Waals surface area contributed by atoms with Crippen molar-refractivity contribution in [2.24, 2.45) is 0 Å². The molecule has 0 saturated carbocycles. The van der Waals surface area contributed by atoms with E-state index in [4.69, 9.17) is 0 Å². The summed E-state index contributed by atoms with van der Waals surface area (Å²) in [5.41, 5.74) is -0.691. The predicted octanol–water partition coefficient (Wildman–Crippen LogP) is -2.37. The Labute approximate surface area is 115 Å². The molecule has 1 aromatic rings. The summed E-state index contributed by atoms with van der Waals surface area (Å²) in [6, 6.07) is 0.988. The second kappa shape index (κ2) is 5.30. The third-order valence-corrected chi connectivity index (χ3v) is 1.20. The maximum absolute atomic E-state index is 11.8. The van der Waals surface area contributed by atoms with Crippen LogP contribution in [0.5, 0.6) is 0 Å². The van der Waals surface area contributed by atoms with Crippen molar-refractivity contribution in [3.8, 4) is 0 Å². The average molecular weight is 216 g/mol. The van der Waals surface area contributed by atoms with Crippen molar-refractivity contribution in [2.45, 2.75) is 6.44 Å². The van der Waals surface area contributed by atoms with E-state index in [1.807, 2.05) is 0 Å². The molecule has 0 radical (unpaired) electrons. The quantitative estimate of drug-likeness (QED) is 0.518. The van der Waals surface area contributed by atoms with Crippen LogP contribution in [-0.2, 0) is 6.44 Å². The van der Waals surface area contributed by atoms with Gasteiger partial charge in [-0.2, -0.15) is 0 Å². The maximum atomic E-state index is 11.8. The molecule has 3 nitrogen and oxygen atoms in total. The first-order valence-corrected chi connectivity index (χ1v) is 3.20. The van der Waals surface area contributed by atoms with Crippen LogP contribution in [-0.4, -0.2) is 16.5 Å². The van der Waals surface area contributed by atoms with Crippen molar-refractivity contribution in [1.29, 1.82) is 0 Å². The molecule has 0 aliphatic heterocycles. The number of hydrogen-bond donors (Lipinski definition) is 0. The molecule has 0 fully saturated rings. The van der Waals surface area contributed by atoms with Gasteiger partial charge in [-0.3, -0.25) is 4.79 Å². The van der Waals surface area contributed by atoms with Crippen LogP contribution >= 0.6 is 0 Å². The largest absolute Gasteiger partial charge is 1.00 e. The Morgan fingerprint density at radius 3 is 2.54 bits per heavy atom. The monoisotopic (exact) mass is 216 g/mol. The van der Waals surface area contributed by atoms with E-state index in [0.717, 1.165) is 18.6 Å². The molecule has 0 amide bonds. The fourth-order valence-corrected chi connectivity index (χ4v) is 0.739. The summed E-state index contributed by atoms with van der Waals surface area (Å²) in [5, 5.41) is 0. The fraction of sp³-hybridized carbons (Fsp3) is 0.200. The molecule has 0 aromatic carbocycles. The fourth-order valence-electron chi connectivity index (χ4n) is 0.739. The molecule has 0 N–H and O–H groups in total. The molecular formula is C5H5BF3KN2O. The molecule has 0 spiro atoms. The maximum Gasteiger partial charge on any atom is 1.00 e. The molecular weight excluding hydrogens is 211 g/mol. The third-order valence-electron chi connectivity index (χ3n) is 1.20. The molecule has 13 heavy (non-hydrogen) atoms. The van der Waals surface area contributed by atoms with Crippen molar-refractivity contribution >= 4 is 6.98 Å². The number of halogens is 3. The molecule has 8 heteroatoms. The number of hydrogen-bond acceptors (Lipinski definition) is 2. The summed E-state index contributed by atoms with van der Waals surface area (Å²) >= 11 is 0. The van der Waals surface area contributed by atoms with Gasteiger partial charge in [-0.05, 0) is 6.44 Å². The topological polar surface area (TPSA) is 34.9 Å². The Balaban J connectivity index is 0.00000144. The van der Waals surface area contributed by atoms with E-state index >= 15 is 0 Å². The minimum atomic E-state index is -4.98. The van der Waals surface area contributed by atoms with Crippen LogP contribution in [0.4, 0.5) is 12.9 Å². The number of aromatic nitrogens is 2. The molecule has 0 atom stereocenters. The van der Waals surface area contributed by atoms with Crippen LogP contribution in [0.3, 0.4) is 0 Å². The Morgan fingerprint density at radius 1 is 1.46 bits per heavy atom. The van der Waals surface area contributed by atoms with Crippen LogP contribution in [0.2, 0.25) is 0 Å². The van der Waals surface area contributed by atoms with E-state index in [1.165, 1.54) is 0 Å². The van der Waals surface area contributed by atoms with Crippen molar-refractivity contribution in [1.82, 2.24) is 9.55 Å². The van der Waals surface area contributed by atoms with Gasteiger partial charge in [0.05, 0.1) is 6.33 Å². The Hall–Kier alpha value is 0.371. The normalized spacial score (nSPS) is 10.7. The van der Waals surface area contributed by atoms with Gasteiger partial charge in [0.1, 0.15) is 0 Å². The van der Waals surface area contributed by atoms with Gasteiger partial charge in [0, 0.05) is 12.3 Å². The second-order valence-electron chi connectivity index (χ2n) is 2.28. The Kier molecular flexibility index (Phi) is 5.45. The summed E-state index contributed by atoms with van der Waals surface area (Å²) in [4.78, 5) is 14.1. The Bertz CT molecular complexity index is 326. The van der Waals surface area contributed by atoms with E-state index in [-0.39, 0.29) is 51.4 Å². The second-order valence-corrected chi connectivity index (χ2v) is 2.28. The Morgan fingerprint density at radius 2 is 2.08 bits per heavy atom. The van der Waals surface area contributed by atoms with Gasteiger partial charge in [0.2, 0.25) is 5.56 Å². The molecule has 66 valence electrons. The van der Waals surface area contributed by atoms with Gasteiger partial charge < -0.3 is 17.5 Å². The summed E-state index contributed by atoms with van der Waals surface area (Å²) < 4.78 is 35.9. The smallest absolute Gasteiger partial charge is 0.448 e. The van der Waals surface area contributed by atoms with Crippen molar-refractivity contribution < 1.29 is 64.3 Å². The SMILES string of the molecule is O=c1ccncn1C[B-](F)(F)F.[K+]. The van der Waals surface area contributed by atoms with Crippen molar-refractivity contribution in [3.05, 3.63) is 28.9 Å². The molecule has 1 aromatic heterocycles. The standard InChI is InChI=1S/C5H5BF3N2O.K/c7-6(8,9)3-11-4-10-2-1-5(11)12;/h1-2,4H,3H2;/q-1;+1. The molecule has 0 aliphatic rings. The average Bonchev–Trinajstić information content (AvgIpc) is 1.91. The van der Waals surface area contributed by atoms with Crippen molar-refractivity contribution in [3.63, 3.8) is 0 Å². The number of nitrogens with zero attached hydrogens (tertiary/aromatic N) is 2. The van der Waals surface area contributed by atoms with Crippen LogP contribution in [0.15, 0.2) is 23.4 Å². The zero-order valence-electron chi connectivity index (χ0n) is 6.95. The summed E-state index contributed by atoms with van der Waals surface area (Å²) in [6.07, 6.45) is 0.798. The molecule has 0 aliphatic carbocycles. The molecule has 0 unspecified atom stereocenters. The van der Waals surface area contributed by atoms with Gasteiger partial charge >= 0.3 is 58.4 Å². The van der Waals surface area contributed by atoms with Crippen molar-refractivity contribution in [2.75, 3.05) is 0 Å². The van der Waals surface area contributed by atoms with Gasteiger partial charge in [-0.25, -0.2) is 4.98 Å². The molecule has 0 saturated heterocycles. The van der Waals surface area contributed by atoms with E-state index in [2.05, 4.69) is 4.98 Å². The first kappa shape index (κ1) is 13.4. The number of rotatable bonds is 2. The summed E-state index contributed by atoms with van der Waals surface area (Å²) in [5.74, 6) is 0. The van der Waals surface area contributed by atoms with Gasteiger partial charge in [0.25, 0.3) is 0 Å². The predicted molar refractivity (Wildman–Crippen MR) is 37.6 cm³/mol. The van der Waals surface area contributed by atoms with E-state index in [9.17, 15) is 17.7 Å². The summed E-state index contributed by atoms with van der Waals surface area (Å²) in [6.45, 7) is -4.98. The molecule has 0 bridgehead atoms. The molecule has 1 rings (SSSR count). The van der Waals surface area contributed by atoms with E-state index in [1.54, 1.807) is 0 Å². The third kappa shape index (κ3) is 4.96. The van der Waals surface area contributed by atoms with Gasteiger partial charge in [0.15, 0.2) is 0 Å². The molecule has 1 heterocycles. The van der Waals surface area contributed by atoms with Crippen LogP contribution in [0, 0.1) is 0 Å². The van der Waals surface area contributed by atoms with Crippen LogP contribution in [0.1, 0.15) is 0 Å². The zero-order valence-corrected chi connectivity index (χ0v) is 10.1. The zero-order chi connectivity index (χ0) is 9.19. The van der Waals surface area contributed by atoms with E-state index < -0.39 is 19.0 Å². The minimum absolute atomic E-state index is 0.